The normalized spacial score (nSPS) is 13.4. The van der Waals surface area contributed by atoms with Crippen molar-refractivity contribution in [2.45, 2.75) is 4.71 Å². The molecule has 1 aromatic carbocycles. The van der Waals surface area contributed by atoms with Crippen molar-refractivity contribution in [3.8, 4) is 0 Å². The van der Waals surface area contributed by atoms with Crippen LogP contribution >= 0.6 is 23.2 Å². The van der Waals surface area contributed by atoms with E-state index in [0.717, 1.165) is 0 Å². The summed E-state index contributed by atoms with van der Waals surface area (Å²) in [5.41, 5.74) is 0.129. The predicted molar refractivity (Wildman–Crippen MR) is 61.3 cm³/mol. The molecule has 1 aromatic rings. The van der Waals surface area contributed by atoms with Crippen LogP contribution in [0, 0.1) is 10.1 Å². The predicted octanol–water partition coefficient (Wildman–Crippen LogP) is 2.44. The molecule has 0 bridgehead atoms. The van der Waals surface area contributed by atoms with Gasteiger partial charge in [-0.15, -0.1) is 23.2 Å². The minimum Gasteiger partial charge on any atom is -0.258 e. The van der Waals surface area contributed by atoms with E-state index in [4.69, 9.17) is 23.2 Å². The van der Waals surface area contributed by atoms with E-state index in [2.05, 4.69) is 0 Å². The topological polar surface area (TPSA) is 77.3 Å². The summed E-state index contributed by atoms with van der Waals surface area (Å²) in [7, 11) is -3.62. The van der Waals surface area contributed by atoms with Crippen molar-refractivity contribution in [3.05, 3.63) is 39.9 Å². The van der Waals surface area contributed by atoms with Crippen LogP contribution in [0.4, 0.5) is 5.69 Å². The lowest BCUT2D eigenvalue weighted by Crippen LogP contribution is -2.09. The Labute approximate surface area is 102 Å². The van der Waals surface area contributed by atoms with Gasteiger partial charge in [0.05, 0.1) is 4.92 Å². The summed E-state index contributed by atoms with van der Waals surface area (Å²) < 4.78 is 21.4. The van der Waals surface area contributed by atoms with Crippen molar-refractivity contribution in [1.29, 1.82) is 0 Å². The van der Waals surface area contributed by atoms with Crippen LogP contribution in [0.5, 0.6) is 0 Å². The minimum atomic E-state index is -3.62. The van der Waals surface area contributed by atoms with Gasteiger partial charge in [-0.25, -0.2) is 8.42 Å². The lowest BCUT2D eigenvalue weighted by Gasteiger charge is -2.08. The fourth-order valence-corrected chi connectivity index (χ4v) is 2.60. The van der Waals surface area contributed by atoms with Crippen molar-refractivity contribution in [2.24, 2.45) is 0 Å². The maximum Gasteiger partial charge on any atom is 0.269 e. The first kappa shape index (κ1) is 13.2. The summed E-state index contributed by atoms with van der Waals surface area (Å²) in [6.45, 7) is 0. The zero-order valence-electron chi connectivity index (χ0n) is 7.84. The van der Waals surface area contributed by atoms with Crippen molar-refractivity contribution in [2.75, 3.05) is 5.21 Å². The molecule has 1 unspecified atom stereocenters. The number of benzene rings is 1. The number of halogens is 2. The molecule has 0 saturated heterocycles. The fraction of sp³-hybridized carbons (Fsp3) is 0.250. The number of hydrogen-bond acceptors (Lipinski definition) is 4. The molecule has 0 fully saturated rings. The van der Waals surface area contributed by atoms with E-state index in [1.54, 1.807) is 0 Å². The van der Waals surface area contributed by atoms with Gasteiger partial charge < -0.3 is 0 Å². The summed E-state index contributed by atoms with van der Waals surface area (Å²) in [4.78, 5) is 9.79. The second-order valence-electron chi connectivity index (χ2n) is 2.94. The number of non-ortho nitro benzene ring substituents is 1. The molecule has 0 N–H and O–H groups in total. The third kappa shape index (κ3) is 2.84. The van der Waals surface area contributed by atoms with Gasteiger partial charge in [-0.05, 0) is 17.7 Å². The first-order valence-corrected chi connectivity index (χ1v) is 6.73. The monoisotopic (exact) mass is 283 g/mol. The van der Waals surface area contributed by atoms with Crippen LogP contribution in [0.1, 0.15) is 10.3 Å². The Bertz CT molecular complexity index is 485. The van der Waals surface area contributed by atoms with Gasteiger partial charge in [0, 0.05) is 12.1 Å². The van der Waals surface area contributed by atoms with Crippen LogP contribution in [0.15, 0.2) is 24.3 Å². The van der Waals surface area contributed by atoms with Gasteiger partial charge in [0.15, 0.2) is 14.5 Å². The number of nitro groups is 1. The average Bonchev–Trinajstić information content (AvgIpc) is 2.28. The standard InChI is InChI=1S/C8H7Cl2NO4S/c9-5-16(14,15)8(10)6-1-3-7(4-2-6)11(12)13/h1-4,8H,5H2. The SMILES string of the molecule is O=[N+]([O-])c1ccc(C(Cl)S(=O)(=O)CCl)cc1. The first-order chi connectivity index (χ1) is 7.38. The smallest absolute Gasteiger partial charge is 0.258 e. The maximum atomic E-state index is 11.3. The van der Waals surface area contributed by atoms with E-state index in [0.29, 0.717) is 0 Å². The average molecular weight is 284 g/mol. The zero-order chi connectivity index (χ0) is 12.3. The van der Waals surface area contributed by atoms with Crippen LogP contribution in [0.25, 0.3) is 0 Å². The highest BCUT2D eigenvalue weighted by Gasteiger charge is 2.24. The highest BCUT2D eigenvalue weighted by atomic mass is 35.5. The molecule has 88 valence electrons. The molecule has 0 amide bonds. The van der Waals surface area contributed by atoms with Crippen LogP contribution in [0.2, 0.25) is 0 Å². The number of rotatable bonds is 4. The summed E-state index contributed by atoms with van der Waals surface area (Å²) in [5.74, 6) is 0. The Balaban J connectivity index is 3.03. The Morgan fingerprint density at radius 3 is 2.19 bits per heavy atom. The van der Waals surface area contributed by atoms with Crippen LogP contribution in [-0.4, -0.2) is 18.6 Å². The van der Waals surface area contributed by atoms with Crippen molar-refractivity contribution < 1.29 is 13.3 Å². The lowest BCUT2D eigenvalue weighted by molar-refractivity contribution is -0.384. The Morgan fingerprint density at radius 1 is 1.31 bits per heavy atom. The number of hydrogen-bond donors (Lipinski definition) is 0. The fourth-order valence-electron chi connectivity index (χ4n) is 1.01. The molecule has 0 heterocycles. The second-order valence-corrected chi connectivity index (χ2v) is 6.30. The van der Waals surface area contributed by atoms with Crippen LogP contribution in [0.3, 0.4) is 0 Å². The van der Waals surface area contributed by atoms with Gasteiger partial charge in [0.1, 0.15) is 5.21 Å². The molecule has 16 heavy (non-hydrogen) atoms. The molecular formula is C8H7Cl2NO4S. The van der Waals surface area contributed by atoms with Crippen molar-refractivity contribution in [3.63, 3.8) is 0 Å². The number of nitrogens with zero attached hydrogens (tertiary/aromatic N) is 1. The molecule has 0 saturated carbocycles. The number of nitro benzene ring substituents is 1. The number of sulfone groups is 1. The molecule has 0 aromatic heterocycles. The zero-order valence-corrected chi connectivity index (χ0v) is 10.2. The molecule has 0 radical (unpaired) electrons. The summed E-state index contributed by atoms with van der Waals surface area (Å²) >= 11 is 10.9. The molecule has 0 aliphatic carbocycles. The third-order valence-electron chi connectivity index (χ3n) is 1.83. The highest BCUT2D eigenvalue weighted by molar-refractivity contribution is 7.93. The minimum absolute atomic E-state index is 0.129. The van der Waals surface area contributed by atoms with E-state index in [9.17, 15) is 18.5 Å². The summed E-state index contributed by atoms with van der Waals surface area (Å²) in [6.07, 6.45) is 0. The largest absolute Gasteiger partial charge is 0.269 e. The number of alkyl halides is 2. The maximum absolute atomic E-state index is 11.3. The molecular weight excluding hydrogens is 277 g/mol. The van der Waals surface area contributed by atoms with E-state index < -0.39 is 24.7 Å². The van der Waals surface area contributed by atoms with Crippen molar-refractivity contribution in [1.82, 2.24) is 0 Å². The van der Waals surface area contributed by atoms with Gasteiger partial charge in [-0.1, -0.05) is 0 Å². The van der Waals surface area contributed by atoms with Gasteiger partial charge >= 0.3 is 0 Å². The molecule has 1 rings (SSSR count). The molecule has 8 heteroatoms. The first-order valence-electron chi connectivity index (χ1n) is 4.04. The quantitative estimate of drug-likeness (QED) is 0.483. The molecule has 5 nitrogen and oxygen atoms in total. The second kappa shape index (κ2) is 4.99. The van der Waals surface area contributed by atoms with E-state index in [-0.39, 0.29) is 11.3 Å². The van der Waals surface area contributed by atoms with E-state index >= 15 is 0 Å². The highest BCUT2D eigenvalue weighted by Crippen LogP contribution is 2.29. The molecule has 0 aliphatic rings. The van der Waals surface area contributed by atoms with Crippen molar-refractivity contribution >= 4 is 38.7 Å². The molecule has 1 atom stereocenters. The van der Waals surface area contributed by atoms with E-state index in [1.165, 1.54) is 24.3 Å². The van der Waals surface area contributed by atoms with Gasteiger partial charge in [-0.3, -0.25) is 10.1 Å². The van der Waals surface area contributed by atoms with Gasteiger partial charge in [0.25, 0.3) is 5.69 Å². The molecule has 0 aliphatic heterocycles. The third-order valence-corrected chi connectivity index (χ3v) is 5.02. The Hall–Kier alpha value is -0.850. The Morgan fingerprint density at radius 2 is 1.81 bits per heavy atom. The van der Waals surface area contributed by atoms with Gasteiger partial charge in [0.2, 0.25) is 0 Å². The van der Waals surface area contributed by atoms with Crippen LogP contribution < -0.4 is 0 Å². The summed E-state index contributed by atoms with van der Waals surface area (Å²) in [5, 5.41) is 9.77. The van der Waals surface area contributed by atoms with E-state index in [1.807, 2.05) is 0 Å². The van der Waals surface area contributed by atoms with Crippen LogP contribution in [-0.2, 0) is 9.84 Å². The summed E-state index contributed by atoms with van der Waals surface area (Å²) in [6, 6.07) is 4.96. The Kier molecular flexibility index (Phi) is 4.12. The molecule has 0 spiro atoms. The van der Waals surface area contributed by atoms with Gasteiger partial charge in [-0.2, -0.15) is 0 Å². The lowest BCUT2D eigenvalue weighted by atomic mass is 10.2.